The van der Waals surface area contributed by atoms with Crippen LogP contribution in [-0.2, 0) is 16.4 Å². The molecule has 5 heteroatoms. The van der Waals surface area contributed by atoms with Gasteiger partial charge < -0.3 is 4.74 Å². The van der Waals surface area contributed by atoms with Crippen molar-refractivity contribution in [1.29, 1.82) is 0 Å². The average molecular weight is 317 g/mol. The molecule has 0 aliphatic carbocycles. The van der Waals surface area contributed by atoms with E-state index in [0.29, 0.717) is 18.0 Å². The number of para-hydroxylation sites is 1. The van der Waals surface area contributed by atoms with E-state index >= 15 is 0 Å². The highest BCUT2D eigenvalue weighted by atomic mass is 32.2. The number of fused-ring (bicyclic) bond motifs is 1. The van der Waals surface area contributed by atoms with Crippen LogP contribution in [0.2, 0.25) is 0 Å². The summed E-state index contributed by atoms with van der Waals surface area (Å²) in [6, 6.07) is 16.5. The second-order valence-corrected chi connectivity index (χ2v) is 7.47. The first kappa shape index (κ1) is 15.1. The molecular formula is C17H19NO3S. The molecule has 2 aromatic carbocycles. The van der Waals surface area contributed by atoms with Crippen LogP contribution in [0.4, 0.5) is 0 Å². The normalized spacial score (nSPS) is 15.6. The van der Waals surface area contributed by atoms with Crippen molar-refractivity contribution in [2.24, 2.45) is 0 Å². The Kier molecular flexibility index (Phi) is 4.45. The van der Waals surface area contributed by atoms with Crippen LogP contribution in [0.25, 0.3) is 0 Å². The standard InChI is InChI=1S/C17H19NO3S/c19-22(20,16-7-2-1-3-8-16)13-11-18-10-12-21-17-9-5-4-6-15(17)14-18/h1-9H,10-14H2. The van der Waals surface area contributed by atoms with Crippen LogP contribution < -0.4 is 4.74 Å². The fourth-order valence-corrected chi connectivity index (χ4v) is 3.87. The lowest BCUT2D eigenvalue weighted by atomic mass is 10.2. The lowest BCUT2D eigenvalue weighted by Crippen LogP contribution is -2.31. The molecule has 1 heterocycles. The van der Waals surface area contributed by atoms with Gasteiger partial charge in [0.2, 0.25) is 0 Å². The molecule has 0 amide bonds. The summed E-state index contributed by atoms with van der Waals surface area (Å²) in [7, 11) is -3.23. The summed E-state index contributed by atoms with van der Waals surface area (Å²) >= 11 is 0. The molecule has 0 fully saturated rings. The first-order valence-electron chi connectivity index (χ1n) is 7.36. The van der Waals surface area contributed by atoms with Crippen LogP contribution >= 0.6 is 0 Å². The quantitative estimate of drug-likeness (QED) is 0.868. The van der Waals surface area contributed by atoms with Gasteiger partial charge in [0.25, 0.3) is 0 Å². The van der Waals surface area contributed by atoms with Gasteiger partial charge in [-0.3, -0.25) is 4.90 Å². The van der Waals surface area contributed by atoms with Gasteiger partial charge in [0.15, 0.2) is 9.84 Å². The maximum Gasteiger partial charge on any atom is 0.179 e. The van der Waals surface area contributed by atoms with Crippen molar-refractivity contribution in [1.82, 2.24) is 4.90 Å². The highest BCUT2D eigenvalue weighted by molar-refractivity contribution is 7.91. The minimum atomic E-state index is -3.23. The zero-order valence-electron chi connectivity index (χ0n) is 12.3. The summed E-state index contributed by atoms with van der Waals surface area (Å²) in [5, 5.41) is 0. The molecule has 0 N–H and O–H groups in total. The van der Waals surface area contributed by atoms with Gasteiger partial charge >= 0.3 is 0 Å². The van der Waals surface area contributed by atoms with Gasteiger partial charge in [-0.25, -0.2) is 8.42 Å². The minimum Gasteiger partial charge on any atom is -0.492 e. The molecule has 116 valence electrons. The summed E-state index contributed by atoms with van der Waals surface area (Å²) in [5.41, 5.74) is 1.11. The maximum atomic E-state index is 12.3. The van der Waals surface area contributed by atoms with Crippen molar-refractivity contribution in [3.63, 3.8) is 0 Å². The molecule has 2 aromatic rings. The Labute approximate surface area is 131 Å². The Hall–Kier alpha value is -1.85. The number of hydrogen-bond acceptors (Lipinski definition) is 4. The van der Waals surface area contributed by atoms with E-state index in [4.69, 9.17) is 4.74 Å². The van der Waals surface area contributed by atoms with Crippen molar-refractivity contribution in [3.05, 3.63) is 60.2 Å². The number of nitrogens with zero attached hydrogens (tertiary/aromatic N) is 1. The molecule has 0 spiro atoms. The molecular weight excluding hydrogens is 298 g/mol. The predicted octanol–water partition coefficient (Wildman–Crippen LogP) is 2.35. The lowest BCUT2D eigenvalue weighted by molar-refractivity contribution is 0.235. The molecule has 1 aliphatic heterocycles. The van der Waals surface area contributed by atoms with Gasteiger partial charge in [-0.2, -0.15) is 0 Å². The Morgan fingerprint density at radius 3 is 2.55 bits per heavy atom. The van der Waals surface area contributed by atoms with Crippen LogP contribution in [-0.4, -0.2) is 38.8 Å². The zero-order valence-corrected chi connectivity index (χ0v) is 13.1. The molecule has 0 saturated heterocycles. The van der Waals surface area contributed by atoms with Gasteiger partial charge in [0.1, 0.15) is 12.4 Å². The lowest BCUT2D eigenvalue weighted by Gasteiger charge is -2.19. The fourth-order valence-electron chi connectivity index (χ4n) is 2.57. The van der Waals surface area contributed by atoms with E-state index in [1.807, 2.05) is 30.3 Å². The average Bonchev–Trinajstić information content (AvgIpc) is 2.76. The van der Waals surface area contributed by atoms with Gasteiger partial charge in [-0.1, -0.05) is 36.4 Å². The van der Waals surface area contributed by atoms with E-state index in [-0.39, 0.29) is 5.75 Å². The van der Waals surface area contributed by atoms with Gasteiger partial charge in [-0.05, 0) is 18.2 Å². The van der Waals surface area contributed by atoms with E-state index in [9.17, 15) is 8.42 Å². The molecule has 0 radical (unpaired) electrons. The van der Waals surface area contributed by atoms with Crippen molar-refractivity contribution < 1.29 is 13.2 Å². The zero-order chi connectivity index (χ0) is 15.4. The first-order chi connectivity index (χ1) is 10.6. The summed E-state index contributed by atoms with van der Waals surface area (Å²) in [5.74, 6) is 1.02. The van der Waals surface area contributed by atoms with E-state index in [1.165, 1.54) is 0 Å². The molecule has 1 aliphatic rings. The number of rotatable bonds is 4. The third kappa shape index (κ3) is 3.48. The number of benzene rings is 2. The Morgan fingerprint density at radius 1 is 1.00 bits per heavy atom. The van der Waals surface area contributed by atoms with E-state index in [0.717, 1.165) is 24.4 Å². The monoisotopic (exact) mass is 317 g/mol. The maximum absolute atomic E-state index is 12.3. The van der Waals surface area contributed by atoms with E-state index in [1.54, 1.807) is 24.3 Å². The SMILES string of the molecule is O=S(=O)(CCN1CCOc2ccccc2C1)c1ccccc1. The van der Waals surface area contributed by atoms with Gasteiger partial charge in [0, 0.05) is 25.2 Å². The van der Waals surface area contributed by atoms with Crippen molar-refractivity contribution in [2.45, 2.75) is 11.4 Å². The van der Waals surface area contributed by atoms with E-state index in [2.05, 4.69) is 4.90 Å². The fraction of sp³-hybridized carbons (Fsp3) is 0.294. The van der Waals surface area contributed by atoms with Gasteiger partial charge in [0.05, 0.1) is 10.6 Å². The van der Waals surface area contributed by atoms with Crippen LogP contribution in [0.3, 0.4) is 0 Å². The number of hydrogen-bond donors (Lipinski definition) is 0. The molecule has 0 unspecified atom stereocenters. The molecule has 0 bridgehead atoms. The highest BCUT2D eigenvalue weighted by Crippen LogP contribution is 2.22. The minimum absolute atomic E-state index is 0.124. The van der Waals surface area contributed by atoms with Crippen LogP contribution in [0.1, 0.15) is 5.56 Å². The molecule has 0 saturated carbocycles. The highest BCUT2D eigenvalue weighted by Gasteiger charge is 2.19. The second-order valence-electron chi connectivity index (χ2n) is 5.36. The predicted molar refractivity (Wildman–Crippen MR) is 85.7 cm³/mol. The third-order valence-corrected chi connectivity index (χ3v) is 5.52. The van der Waals surface area contributed by atoms with Crippen LogP contribution in [0, 0.1) is 0 Å². The number of sulfone groups is 1. The summed E-state index contributed by atoms with van der Waals surface area (Å²) in [6.07, 6.45) is 0. The van der Waals surface area contributed by atoms with Crippen molar-refractivity contribution in [3.8, 4) is 5.75 Å². The molecule has 0 atom stereocenters. The Bertz CT molecular complexity index is 729. The molecule has 22 heavy (non-hydrogen) atoms. The molecule has 3 rings (SSSR count). The third-order valence-electron chi connectivity index (χ3n) is 3.81. The smallest absolute Gasteiger partial charge is 0.179 e. The van der Waals surface area contributed by atoms with E-state index < -0.39 is 9.84 Å². The largest absolute Gasteiger partial charge is 0.492 e. The topological polar surface area (TPSA) is 46.6 Å². The summed E-state index contributed by atoms with van der Waals surface area (Å²) in [4.78, 5) is 2.52. The number of ether oxygens (including phenoxy) is 1. The Morgan fingerprint density at radius 2 is 1.73 bits per heavy atom. The van der Waals surface area contributed by atoms with Crippen LogP contribution in [0.15, 0.2) is 59.5 Å². The first-order valence-corrected chi connectivity index (χ1v) is 9.01. The van der Waals surface area contributed by atoms with Crippen molar-refractivity contribution in [2.75, 3.05) is 25.4 Å². The molecule has 0 aromatic heterocycles. The van der Waals surface area contributed by atoms with Crippen LogP contribution in [0.5, 0.6) is 5.75 Å². The molecule has 4 nitrogen and oxygen atoms in total. The second kappa shape index (κ2) is 6.50. The Balaban J connectivity index is 1.67. The van der Waals surface area contributed by atoms with Gasteiger partial charge in [-0.15, -0.1) is 0 Å². The summed E-state index contributed by atoms with van der Waals surface area (Å²) in [6.45, 7) is 2.55. The van der Waals surface area contributed by atoms with Crippen molar-refractivity contribution >= 4 is 9.84 Å². The summed E-state index contributed by atoms with van der Waals surface area (Å²) < 4.78 is 30.4.